The van der Waals surface area contributed by atoms with Crippen molar-refractivity contribution in [3.8, 4) is 5.88 Å². The molecular formula is C14H20FN3O4. The molecule has 1 aliphatic heterocycles. The van der Waals surface area contributed by atoms with Crippen LogP contribution in [0.1, 0.15) is 44.5 Å². The minimum absolute atomic E-state index is 0.0515. The van der Waals surface area contributed by atoms with E-state index < -0.39 is 11.5 Å². The molecule has 0 aliphatic carbocycles. The molecule has 1 aliphatic rings. The van der Waals surface area contributed by atoms with Gasteiger partial charge < -0.3 is 9.47 Å². The fourth-order valence-electron chi connectivity index (χ4n) is 2.31. The molecule has 22 heavy (non-hydrogen) atoms. The summed E-state index contributed by atoms with van der Waals surface area (Å²) in [4.78, 5) is 19.1. The van der Waals surface area contributed by atoms with E-state index in [1.54, 1.807) is 6.92 Å². The van der Waals surface area contributed by atoms with E-state index in [2.05, 4.69) is 15.0 Å². The Balaban J connectivity index is 2.24. The molecule has 8 heteroatoms. The summed E-state index contributed by atoms with van der Waals surface area (Å²) in [7, 11) is 0. The van der Waals surface area contributed by atoms with E-state index in [-0.39, 0.29) is 17.5 Å². The molecule has 2 rings (SSSR count). The van der Waals surface area contributed by atoms with Crippen LogP contribution in [0.25, 0.3) is 0 Å². The summed E-state index contributed by atoms with van der Waals surface area (Å²) in [6.07, 6.45) is 1.71. The lowest BCUT2D eigenvalue weighted by molar-refractivity contribution is -0.0790. The van der Waals surface area contributed by atoms with Crippen molar-refractivity contribution in [3.05, 3.63) is 11.8 Å². The minimum atomic E-state index is -1.13. The van der Waals surface area contributed by atoms with Gasteiger partial charge in [0.15, 0.2) is 5.90 Å². The fourth-order valence-corrected chi connectivity index (χ4v) is 2.31. The zero-order valence-electron chi connectivity index (χ0n) is 13.1. The summed E-state index contributed by atoms with van der Waals surface area (Å²) in [6.45, 7) is 8.30. The largest absolute Gasteiger partial charge is 0.477 e. The highest BCUT2D eigenvalue weighted by molar-refractivity contribution is 5.91. The van der Waals surface area contributed by atoms with Crippen molar-refractivity contribution >= 4 is 11.9 Å². The summed E-state index contributed by atoms with van der Waals surface area (Å²) in [6, 6.07) is 0. The molecule has 1 unspecified atom stereocenters. The van der Waals surface area contributed by atoms with Crippen molar-refractivity contribution in [1.82, 2.24) is 9.78 Å². The van der Waals surface area contributed by atoms with Gasteiger partial charge in [-0.2, -0.15) is 5.10 Å². The van der Waals surface area contributed by atoms with Crippen LogP contribution >= 0.6 is 0 Å². The topological polar surface area (TPSA) is 74.9 Å². The predicted molar refractivity (Wildman–Crippen MR) is 76.6 cm³/mol. The second-order valence-electron chi connectivity index (χ2n) is 5.65. The summed E-state index contributed by atoms with van der Waals surface area (Å²) < 4.78 is 24.9. The Labute approximate surface area is 128 Å². The van der Waals surface area contributed by atoms with Crippen LogP contribution in [0.2, 0.25) is 0 Å². The number of nitrogens with zero attached hydrogens (tertiary/aromatic N) is 3. The van der Waals surface area contributed by atoms with E-state index in [0.717, 1.165) is 6.42 Å². The van der Waals surface area contributed by atoms with Gasteiger partial charge in [-0.1, -0.05) is 6.92 Å². The Kier molecular flexibility index (Phi) is 4.68. The van der Waals surface area contributed by atoms with Gasteiger partial charge in [0.1, 0.15) is 11.7 Å². The zero-order valence-corrected chi connectivity index (χ0v) is 13.1. The van der Waals surface area contributed by atoms with Crippen LogP contribution in [-0.2, 0) is 16.2 Å². The molecule has 1 atom stereocenters. The Bertz CT molecular complexity index is 583. The first-order chi connectivity index (χ1) is 10.4. The maximum Gasteiger partial charge on any atom is 0.386 e. The molecule has 0 bridgehead atoms. The lowest BCUT2D eigenvalue weighted by Crippen LogP contribution is -2.36. The molecule has 0 radical (unpaired) electrons. The normalized spacial score (nSPS) is 19.5. The molecule has 0 N–H and O–H groups in total. The number of hydrogen-bond acceptors (Lipinski definition) is 6. The Morgan fingerprint density at radius 1 is 1.55 bits per heavy atom. The van der Waals surface area contributed by atoms with Crippen LogP contribution in [-0.4, -0.2) is 39.9 Å². The summed E-state index contributed by atoms with van der Waals surface area (Å²) >= 11 is 0. The van der Waals surface area contributed by atoms with Crippen molar-refractivity contribution in [2.24, 2.45) is 4.99 Å². The summed E-state index contributed by atoms with van der Waals surface area (Å²) in [5.41, 5.74) is -0.469. The van der Waals surface area contributed by atoms with Crippen molar-refractivity contribution in [2.45, 2.75) is 52.3 Å². The number of rotatable bonds is 6. The van der Waals surface area contributed by atoms with Crippen LogP contribution < -0.4 is 4.74 Å². The molecule has 0 saturated heterocycles. The molecule has 1 aromatic heterocycles. The average molecular weight is 313 g/mol. The first-order valence-corrected chi connectivity index (χ1v) is 7.13. The highest BCUT2D eigenvalue weighted by Gasteiger charge is 2.38. The van der Waals surface area contributed by atoms with Crippen molar-refractivity contribution in [1.29, 1.82) is 0 Å². The third-order valence-corrected chi connectivity index (χ3v) is 3.41. The van der Waals surface area contributed by atoms with Crippen LogP contribution in [0.5, 0.6) is 5.88 Å². The van der Waals surface area contributed by atoms with Gasteiger partial charge in [-0.05, 0) is 20.3 Å². The fraction of sp³-hybridized carbons (Fsp3) is 0.643. The number of carbonyl (C=O) groups is 1. The van der Waals surface area contributed by atoms with Crippen molar-refractivity contribution < 1.29 is 23.7 Å². The molecule has 1 aromatic rings. The third kappa shape index (κ3) is 3.20. The number of hydrogen-bond donors (Lipinski definition) is 0. The van der Waals surface area contributed by atoms with E-state index in [0.29, 0.717) is 19.0 Å². The summed E-state index contributed by atoms with van der Waals surface area (Å²) in [5.74, 6) is -0.355. The SMILES string of the molecule is CCCOc1c(C(=O)OF)cnn1CC1OC(C)=NC1(C)C. The average Bonchev–Trinajstić information content (AvgIpc) is 2.96. The van der Waals surface area contributed by atoms with Gasteiger partial charge in [-0.25, -0.2) is 19.4 Å². The second-order valence-corrected chi connectivity index (χ2v) is 5.65. The molecule has 7 nitrogen and oxygen atoms in total. The van der Waals surface area contributed by atoms with Gasteiger partial charge >= 0.3 is 5.97 Å². The maximum atomic E-state index is 12.2. The second kappa shape index (κ2) is 6.33. The maximum absolute atomic E-state index is 12.2. The summed E-state index contributed by atoms with van der Waals surface area (Å²) in [5, 5.41) is 4.09. The zero-order chi connectivity index (χ0) is 16.3. The van der Waals surface area contributed by atoms with Gasteiger partial charge in [-0.15, -0.1) is 0 Å². The van der Waals surface area contributed by atoms with Crippen LogP contribution in [0.3, 0.4) is 0 Å². The number of halogens is 1. The number of aromatic nitrogens is 2. The Morgan fingerprint density at radius 3 is 2.82 bits per heavy atom. The molecule has 0 spiro atoms. The number of ether oxygens (including phenoxy) is 2. The van der Waals surface area contributed by atoms with Crippen LogP contribution in [0.4, 0.5) is 4.53 Å². The molecule has 122 valence electrons. The molecule has 0 aromatic carbocycles. The quantitative estimate of drug-likeness (QED) is 0.805. The van der Waals surface area contributed by atoms with E-state index >= 15 is 0 Å². The van der Waals surface area contributed by atoms with E-state index in [1.807, 2.05) is 20.8 Å². The monoisotopic (exact) mass is 313 g/mol. The van der Waals surface area contributed by atoms with Gasteiger partial charge in [0.2, 0.25) is 5.88 Å². The van der Waals surface area contributed by atoms with Gasteiger partial charge in [0, 0.05) is 11.4 Å². The minimum Gasteiger partial charge on any atom is -0.477 e. The van der Waals surface area contributed by atoms with Gasteiger partial charge in [-0.3, -0.25) is 0 Å². The lowest BCUT2D eigenvalue weighted by Gasteiger charge is -2.23. The van der Waals surface area contributed by atoms with Crippen LogP contribution in [0.15, 0.2) is 11.2 Å². The van der Waals surface area contributed by atoms with Gasteiger partial charge in [0.05, 0.1) is 24.9 Å². The van der Waals surface area contributed by atoms with Gasteiger partial charge in [0.25, 0.3) is 0 Å². The van der Waals surface area contributed by atoms with Crippen molar-refractivity contribution in [2.75, 3.05) is 6.61 Å². The molecule has 0 saturated carbocycles. The Morgan fingerprint density at radius 2 is 2.27 bits per heavy atom. The number of aliphatic imine (C=N–C) groups is 1. The van der Waals surface area contributed by atoms with E-state index in [1.165, 1.54) is 10.9 Å². The first-order valence-electron chi connectivity index (χ1n) is 7.13. The van der Waals surface area contributed by atoms with Crippen molar-refractivity contribution in [3.63, 3.8) is 0 Å². The van der Waals surface area contributed by atoms with E-state index in [4.69, 9.17) is 9.47 Å². The molecule has 2 heterocycles. The highest BCUT2D eigenvalue weighted by atomic mass is 19.3. The van der Waals surface area contributed by atoms with E-state index in [9.17, 15) is 9.32 Å². The predicted octanol–water partition coefficient (Wildman–Crippen LogP) is 2.31. The lowest BCUT2D eigenvalue weighted by atomic mass is 9.99. The third-order valence-electron chi connectivity index (χ3n) is 3.41. The molecule has 0 amide bonds. The molecule has 0 fully saturated rings. The smallest absolute Gasteiger partial charge is 0.386 e. The Hall–Kier alpha value is -2.12. The first kappa shape index (κ1) is 16.3. The van der Waals surface area contributed by atoms with Crippen LogP contribution in [0, 0.1) is 0 Å². The number of carbonyl (C=O) groups excluding carboxylic acids is 1. The standard InChI is InChI=1S/C14H20FN3O4/c1-5-6-20-12-10(13(19)22-15)7-16-18(12)8-11-14(3,4)17-9(2)21-11/h7,11H,5-6,8H2,1-4H3. The molecular weight excluding hydrogens is 293 g/mol. The highest BCUT2D eigenvalue weighted by Crippen LogP contribution is 2.28.